The van der Waals surface area contributed by atoms with E-state index in [0.29, 0.717) is 4.47 Å². The second kappa shape index (κ2) is 6.61. The highest BCUT2D eigenvalue weighted by Gasteiger charge is 2.38. The van der Waals surface area contributed by atoms with E-state index in [0.717, 1.165) is 0 Å². The first-order valence-corrected chi connectivity index (χ1v) is 9.50. The summed E-state index contributed by atoms with van der Waals surface area (Å²) in [6.45, 7) is 2.52. The normalized spacial score (nSPS) is 15.9. The van der Waals surface area contributed by atoms with Crippen LogP contribution in [0.2, 0.25) is 0 Å². The van der Waals surface area contributed by atoms with Gasteiger partial charge in [-0.05, 0) is 25.1 Å². The molecule has 1 aliphatic rings. The van der Waals surface area contributed by atoms with Gasteiger partial charge >= 0.3 is 5.97 Å². The van der Waals surface area contributed by atoms with Gasteiger partial charge in [0.2, 0.25) is 10.0 Å². The molecule has 24 heavy (non-hydrogen) atoms. The minimum Gasteiger partial charge on any atom is -0.461 e. The third-order valence-electron chi connectivity index (χ3n) is 3.63. The Balaban J connectivity index is 1.68. The lowest BCUT2D eigenvalue weighted by atomic mass is 10.2. The fourth-order valence-corrected chi connectivity index (χ4v) is 4.42. The Morgan fingerprint density at radius 2 is 2.17 bits per heavy atom. The molecule has 0 spiro atoms. The number of aromatic nitrogens is 3. The van der Waals surface area contributed by atoms with Gasteiger partial charge in [-0.25, -0.2) is 17.9 Å². The molecule has 1 aliphatic heterocycles. The number of benzene rings is 1. The van der Waals surface area contributed by atoms with E-state index >= 15 is 0 Å². The van der Waals surface area contributed by atoms with E-state index in [9.17, 15) is 13.2 Å². The summed E-state index contributed by atoms with van der Waals surface area (Å²) in [7, 11) is -3.53. The molecule has 2 aromatic rings. The fraction of sp³-hybridized carbons (Fsp3) is 0.357. The minimum atomic E-state index is -3.53. The average molecular weight is 415 g/mol. The molecule has 0 amide bonds. The van der Waals surface area contributed by atoms with Crippen LogP contribution in [0.4, 0.5) is 0 Å². The first-order valence-electron chi connectivity index (χ1n) is 7.26. The highest BCUT2D eigenvalue weighted by molar-refractivity contribution is 9.10. The lowest BCUT2D eigenvalue weighted by Gasteiger charge is -2.37. The van der Waals surface area contributed by atoms with E-state index in [1.165, 1.54) is 15.2 Å². The van der Waals surface area contributed by atoms with Crippen LogP contribution in [0.3, 0.4) is 0 Å². The monoisotopic (exact) mass is 414 g/mol. The van der Waals surface area contributed by atoms with E-state index in [-0.39, 0.29) is 36.3 Å². The van der Waals surface area contributed by atoms with Crippen molar-refractivity contribution in [2.24, 2.45) is 0 Å². The zero-order valence-corrected chi connectivity index (χ0v) is 15.2. The molecule has 0 atom stereocenters. The Labute approximate surface area is 147 Å². The number of carbonyl (C=O) groups excluding carboxylic acids is 1. The molecule has 1 saturated heterocycles. The second-order valence-electron chi connectivity index (χ2n) is 5.24. The van der Waals surface area contributed by atoms with Crippen LogP contribution in [0, 0.1) is 0 Å². The Morgan fingerprint density at radius 3 is 2.83 bits per heavy atom. The van der Waals surface area contributed by atoms with Crippen LogP contribution in [0.15, 0.2) is 39.8 Å². The molecule has 0 saturated carbocycles. The molecular weight excluding hydrogens is 400 g/mol. The summed E-state index contributed by atoms with van der Waals surface area (Å²) >= 11 is 3.27. The van der Waals surface area contributed by atoms with Gasteiger partial charge in [-0.2, -0.15) is 4.31 Å². The number of halogens is 1. The van der Waals surface area contributed by atoms with Crippen LogP contribution in [-0.4, -0.2) is 53.4 Å². The summed E-state index contributed by atoms with van der Waals surface area (Å²) in [6.07, 6.45) is 1.48. The van der Waals surface area contributed by atoms with Crippen LogP contribution < -0.4 is 0 Å². The van der Waals surface area contributed by atoms with Gasteiger partial charge in [0.15, 0.2) is 5.69 Å². The zero-order valence-electron chi connectivity index (χ0n) is 12.8. The number of esters is 1. The highest BCUT2D eigenvalue weighted by atomic mass is 79.9. The molecular formula is C14H15BrN4O4S. The summed E-state index contributed by atoms with van der Waals surface area (Å²) in [5.74, 6) is -0.540. The molecule has 2 heterocycles. The standard InChI is InChI=1S/C14H15BrN4O4S/c1-2-23-14(20)13-9-19(17-16-13)11-7-18(8-11)24(21,22)12-5-3-4-10(15)6-12/h3-6,9,11H,2,7-8H2,1H3. The van der Waals surface area contributed by atoms with Crippen molar-refractivity contribution in [3.05, 3.63) is 40.6 Å². The third-order valence-corrected chi connectivity index (χ3v) is 5.95. The van der Waals surface area contributed by atoms with E-state index in [4.69, 9.17) is 4.74 Å². The maximum Gasteiger partial charge on any atom is 0.360 e. The summed E-state index contributed by atoms with van der Waals surface area (Å²) in [5, 5.41) is 7.64. The van der Waals surface area contributed by atoms with Gasteiger partial charge in [0.25, 0.3) is 0 Å². The van der Waals surface area contributed by atoms with Crippen molar-refractivity contribution in [1.29, 1.82) is 0 Å². The maximum atomic E-state index is 12.5. The molecule has 0 N–H and O–H groups in total. The van der Waals surface area contributed by atoms with Crippen molar-refractivity contribution in [2.75, 3.05) is 19.7 Å². The Morgan fingerprint density at radius 1 is 1.42 bits per heavy atom. The van der Waals surface area contributed by atoms with Gasteiger partial charge in [-0.1, -0.05) is 27.2 Å². The number of ether oxygens (including phenoxy) is 1. The lowest BCUT2D eigenvalue weighted by molar-refractivity contribution is 0.0519. The van der Waals surface area contributed by atoms with Crippen LogP contribution in [-0.2, 0) is 14.8 Å². The largest absolute Gasteiger partial charge is 0.461 e. The van der Waals surface area contributed by atoms with Gasteiger partial charge in [0.1, 0.15) is 0 Å². The van der Waals surface area contributed by atoms with Crippen molar-refractivity contribution in [1.82, 2.24) is 19.3 Å². The minimum absolute atomic E-state index is 0.116. The molecule has 8 nitrogen and oxygen atoms in total. The van der Waals surface area contributed by atoms with E-state index in [1.54, 1.807) is 31.2 Å². The molecule has 3 rings (SSSR count). The Hall–Kier alpha value is -1.78. The van der Waals surface area contributed by atoms with Gasteiger partial charge in [0, 0.05) is 17.6 Å². The predicted octanol–water partition coefficient (Wildman–Crippen LogP) is 1.46. The van der Waals surface area contributed by atoms with Crippen molar-refractivity contribution in [2.45, 2.75) is 17.9 Å². The molecule has 0 radical (unpaired) electrons. The van der Waals surface area contributed by atoms with Crippen molar-refractivity contribution in [3.8, 4) is 0 Å². The topological polar surface area (TPSA) is 94.4 Å². The molecule has 1 aromatic heterocycles. The summed E-state index contributed by atoms with van der Waals surface area (Å²) in [4.78, 5) is 11.8. The smallest absolute Gasteiger partial charge is 0.360 e. The molecule has 10 heteroatoms. The van der Waals surface area contributed by atoms with Gasteiger partial charge < -0.3 is 4.74 Å². The maximum absolute atomic E-state index is 12.5. The number of hydrogen-bond acceptors (Lipinski definition) is 6. The molecule has 0 unspecified atom stereocenters. The van der Waals surface area contributed by atoms with Gasteiger partial charge in [0.05, 0.1) is 23.7 Å². The van der Waals surface area contributed by atoms with Crippen molar-refractivity contribution in [3.63, 3.8) is 0 Å². The van der Waals surface area contributed by atoms with E-state index in [1.807, 2.05) is 0 Å². The SMILES string of the molecule is CCOC(=O)c1cn(C2CN(S(=O)(=O)c3cccc(Br)c3)C2)nn1. The van der Waals surface area contributed by atoms with E-state index in [2.05, 4.69) is 26.2 Å². The van der Waals surface area contributed by atoms with Crippen LogP contribution in [0.25, 0.3) is 0 Å². The Bertz CT molecular complexity index is 861. The Kier molecular flexibility index (Phi) is 4.70. The number of sulfonamides is 1. The summed E-state index contributed by atoms with van der Waals surface area (Å²) < 4.78 is 33.5. The zero-order chi connectivity index (χ0) is 17.3. The molecule has 1 fully saturated rings. The third kappa shape index (κ3) is 3.21. The first-order chi connectivity index (χ1) is 11.4. The van der Waals surface area contributed by atoms with Crippen molar-refractivity contribution >= 4 is 31.9 Å². The second-order valence-corrected chi connectivity index (χ2v) is 8.09. The van der Waals surface area contributed by atoms with Crippen LogP contribution in [0.5, 0.6) is 0 Å². The lowest BCUT2D eigenvalue weighted by Crippen LogP contribution is -2.50. The molecule has 0 aliphatic carbocycles. The first kappa shape index (κ1) is 17.1. The number of nitrogens with zero attached hydrogens (tertiary/aromatic N) is 4. The number of rotatable bonds is 5. The van der Waals surface area contributed by atoms with Crippen LogP contribution in [0.1, 0.15) is 23.5 Å². The number of carbonyl (C=O) groups is 1. The quantitative estimate of drug-likeness (QED) is 0.687. The molecule has 0 bridgehead atoms. The highest BCUT2D eigenvalue weighted by Crippen LogP contribution is 2.28. The van der Waals surface area contributed by atoms with Crippen molar-refractivity contribution < 1.29 is 17.9 Å². The van der Waals surface area contributed by atoms with Crippen LogP contribution >= 0.6 is 15.9 Å². The molecule has 128 valence electrons. The summed E-state index contributed by atoms with van der Waals surface area (Å²) in [5.41, 5.74) is 0.116. The molecule has 1 aromatic carbocycles. The average Bonchev–Trinajstić information content (AvgIpc) is 2.95. The van der Waals surface area contributed by atoms with E-state index < -0.39 is 16.0 Å². The number of hydrogen-bond donors (Lipinski definition) is 0. The predicted molar refractivity (Wildman–Crippen MR) is 87.9 cm³/mol. The van der Waals surface area contributed by atoms with Gasteiger partial charge in [-0.15, -0.1) is 5.10 Å². The van der Waals surface area contributed by atoms with Gasteiger partial charge in [-0.3, -0.25) is 0 Å². The fourth-order valence-electron chi connectivity index (χ4n) is 2.31. The summed E-state index contributed by atoms with van der Waals surface area (Å²) in [6, 6.07) is 6.42.